The topological polar surface area (TPSA) is 44.9 Å². The summed E-state index contributed by atoms with van der Waals surface area (Å²) < 4.78 is 0. The first-order valence-electron chi connectivity index (χ1n) is 5.40. The molecule has 0 fully saturated rings. The van der Waals surface area contributed by atoms with Gasteiger partial charge in [-0.25, -0.2) is 0 Å². The number of H-pyrrole nitrogens is 1. The summed E-state index contributed by atoms with van der Waals surface area (Å²) in [4.78, 5) is 14.7. The van der Waals surface area contributed by atoms with E-state index in [1.165, 1.54) is 6.07 Å². The van der Waals surface area contributed by atoms with Gasteiger partial charge in [0.15, 0.2) is 0 Å². The molecule has 5 heteroatoms. The number of amides is 1. The van der Waals surface area contributed by atoms with E-state index >= 15 is 0 Å². The number of aromatic amines is 1. The van der Waals surface area contributed by atoms with Gasteiger partial charge >= 0.3 is 0 Å². The molecule has 94 valence electrons. The molecule has 18 heavy (non-hydrogen) atoms. The van der Waals surface area contributed by atoms with Gasteiger partial charge in [-0.05, 0) is 37.1 Å². The van der Waals surface area contributed by atoms with Crippen LogP contribution < -0.4 is 5.32 Å². The highest BCUT2D eigenvalue weighted by atomic mass is 35.5. The normalized spacial score (nSPS) is 10.4. The molecule has 1 heterocycles. The molecule has 3 nitrogen and oxygen atoms in total. The van der Waals surface area contributed by atoms with Crippen molar-refractivity contribution in [2.75, 3.05) is 5.32 Å². The zero-order valence-corrected chi connectivity index (χ0v) is 11.5. The van der Waals surface area contributed by atoms with E-state index in [0.717, 1.165) is 16.8 Å². The van der Waals surface area contributed by atoms with Gasteiger partial charge in [0.05, 0.1) is 5.02 Å². The van der Waals surface area contributed by atoms with Gasteiger partial charge in [0.1, 0.15) is 10.8 Å². The molecule has 2 aromatic rings. The predicted octanol–water partition coefficient (Wildman–Crippen LogP) is 4.19. The van der Waals surface area contributed by atoms with Crippen LogP contribution >= 0.6 is 23.2 Å². The standard InChI is InChI=1S/C13H12Cl2N2O/c1-7-4-3-5-10(8(7)2)17-13(18)11-6-9(14)12(15)16-11/h3-6,16H,1-2H3,(H,17,18). The lowest BCUT2D eigenvalue weighted by Gasteiger charge is -2.09. The van der Waals surface area contributed by atoms with Crippen molar-refractivity contribution in [3.8, 4) is 0 Å². The Morgan fingerprint density at radius 1 is 1.28 bits per heavy atom. The Labute approximate surface area is 115 Å². The first kappa shape index (κ1) is 13.0. The van der Waals surface area contributed by atoms with E-state index in [0.29, 0.717) is 10.7 Å². The van der Waals surface area contributed by atoms with Gasteiger partial charge < -0.3 is 10.3 Å². The third-order valence-electron chi connectivity index (χ3n) is 2.82. The van der Waals surface area contributed by atoms with Crippen molar-refractivity contribution in [2.24, 2.45) is 0 Å². The van der Waals surface area contributed by atoms with Crippen molar-refractivity contribution in [2.45, 2.75) is 13.8 Å². The Kier molecular flexibility index (Phi) is 3.64. The van der Waals surface area contributed by atoms with Crippen molar-refractivity contribution in [1.82, 2.24) is 4.98 Å². The zero-order valence-electron chi connectivity index (χ0n) is 9.97. The number of halogens is 2. The molecular weight excluding hydrogens is 271 g/mol. The second kappa shape index (κ2) is 5.04. The van der Waals surface area contributed by atoms with Gasteiger partial charge in [-0.15, -0.1) is 0 Å². The molecule has 0 bridgehead atoms. The Morgan fingerprint density at radius 2 is 2.00 bits per heavy atom. The SMILES string of the molecule is Cc1cccc(NC(=O)c2cc(Cl)c(Cl)[nH]2)c1C. The van der Waals surface area contributed by atoms with E-state index < -0.39 is 0 Å². The Morgan fingerprint density at radius 3 is 2.61 bits per heavy atom. The number of aryl methyl sites for hydroxylation is 1. The molecule has 1 aromatic heterocycles. The van der Waals surface area contributed by atoms with E-state index in [2.05, 4.69) is 10.3 Å². The molecule has 1 amide bonds. The molecule has 0 aliphatic heterocycles. The van der Waals surface area contributed by atoms with E-state index in [1.807, 2.05) is 32.0 Å². The van der Waals surface area contributed by atoms with Crippen molar-refractivity contribution in [3.05, 3.63) is 51.3 Å². The zero-order chi connectivity index (χ0) is 13.3. The van der Waals surface area contributed by atoms with Gasteiger partial charge in [0.25, 0.3) is 5.91 Å². The van der Waals surface area contributed by atoms with Crippen molar-refractivity contribution >= 4 is 34.8 Å². The molecule has 0 saturated carbocycles. The summed E-state index contributed by atoms with van der Waals surface area (Å²) in [5.74, 6) is -0.266. The number of anilines is 1. The molecular formula is C13H12Cl2N2O. The lowest BCUT2D eigenvalue weighted by Crippen LogP contribution is -2.13. The lowest BCUT2D eigenvalue weighted by atomic mass is 10.1. The number of rotatable bonds is 2. The van der Waals surface area contributed by atoms with Crippen molar-refractivity contribution in [3.63, 3.8) is 0 Å². The first-order chi connectivity index (χ1) is 8.49. The number of aromatic nitrogens is 1. The maximum atomic E-state index is 12.0. The summed E-state index contributed by atoms with van der Waals surface area (Å²) in [6.07, 6.45) is 0. The van der Waals surface area contributed by atoms with Gasteiger partial charge in [-0.2, -0.15) is 0 Å². The molecule has 0 unspecified atom stereocenters. The minimum atomic E-state index is -0.266. The fraction of sp³-hybridized carbons (Fsp3) is 0.154. The second-order valence-corrected chi connectivity index (χ2v) is 4.83. The summed E-state index contributed by atoms with van der Waals surface area (Å²) in [7, 11) is 0. The van der Waals surface area contributed by atoms with Gasteiger partial charge in [0.2, 0.25) is 0 Å². The smallest absolute Gasteiger partial charge is 0.272 e. The average Bonchev–Trinajstić information content (AvgIpc) is 2.66. The summed E-state index contributed by atoms with van der Waals surface area (Å²) >= 11 is 11.6. The number of hydrogen-bond donors (Lipinski definition) is 2. The lowest BCUT2D eigenvalue weighted by molar-refractivity contribution is 0.102. The van der Waals surface area contributed by atoms with Crippen LogP contribution in [-0.2, 0) is 0 Å². The number of hydrogen-bond acceptors (Lipinski definition) is 1. The molecule has 2 N–H and O–H groups in total. The maximum Gasteiger partial charge on any atom is 0.272 e. The van der Waals surface area contributed by atoms with Gasteiger partial charge in [-0.3, -0.25) is 4.79 Å². The predicted molar refractivity (Wildman–Crippen MR) is 74.7 cm³/mol. The largest absolute Gasteiger partial charge is 0.340 e. The van der Waals surface area contributed by atoms with Crippen molar-refractivity contribution in [1.29, 1.82) is 0 Å². The minimum absolute atomic E-state index is 0.266. The van der Waals surface area contributed by atoms with Crippen LogP contribution in [0.3, 0.4) is 0 Å². The molecule has 0 aliphatic rings. The molecule has 0 saturated heterocycles. The molecule has 0 atom stereocenters. The van der Waals surface area contributed by atoms with Gasteiger partial charge in [0, 0.05) is 5.69 Å². The maximum absolute atomic E-state index is 12.0. The summed E-state index contributed by atoms with van der Waals surface area (Å²) in [5.41, 5.74) is 3.28. The molecule has 1 aromatic carbocycles. The Bertz CT molecular complexity index is 586. The van der Waals surface area contributed by atoms with E-state index in [9.17, 15) is 4.79 Å². The molecule has 2 rings (SSSR count). The first-order valence-corrected chi connectivity index (χ1v) is 6.16. The van der Waals surface area contributed by atoms with Crippen LogP contribution in [0, 0.1) is 13.8 Å². The third-order valence-corrected chi connectivity index (χ3v) is 3.52. The van der Waals surface area contributed by atoms with Crippen LogP contribution in [0.5, 0.6) is 0 Å². The van der Waals surface area contributed by atoms with E-state index in [1.54, 1.807) is 0 Å². The molecule has 0 spiro atoms. The van der Waals surface area contributed by atoms with Crippen molar-refractivity contribution < 1.29 is 4.79 Å². The van der Waals surface area contributed by atoms with Crippen LogP contribution in [0.25, 0.3) is 0 Å². The molecule has 0 radical (unpaired) electrons. The van der Waals surface area contributed by atoms with Crippen LogP contribution in [-0.4, -0.2) is 10.9 Å². The summed E-state index contributed by atoms with van der Waals surface area (Å²) in [6.45, 7) is 3.95. The number of benzene rings is 1. The highest BCUT2D eigenvalue weighted by Gasteiger charge is 2.12. The second-order valence-electron chi connectivity index (χ2n) is 4.05. The quantitative estimate of drug-likeness (QED) is 0.852. The van der Waals surface area contributed by atoms with Gasteiger partial charge in [-0.1, -0.05) is 35.3 Å². The number of nitrogens with one attached hydrogen (secondary N) is 2. The van der Waals surface area contributed by atoms with E-state index in [-0.39, 0.29) is 11.1 Å². The number of carbonyl (C=O) groups excluding carboxylic acids is 1. The van der Waals surface area contributed by atoms with Crippen LogP contribution in [0.15, 0.2) is 24.3 Å². The fourth-order valence-corrected chi connectivity index (χ4v) is 1.92. The molecule has 0 aliphatic carbocycles. The highest BCUT2D eigenvalue weighted by Crippen LogP contribution is 2.23. The summed E-state index contributed by atoms with van der Waals surface area (Å²) in [5, 5.41) is 3.42. The summed E-state index contributed by atoms with van der Waals surface area (Å²) in [6, 6.07) is 7.25. The third kappa shape index (κ3) is 2.52. The van der Waals surface area contributed by atoms with Crippen LogP contribution in [0.4, 0.5) is 5.69 Å². The monoisotopic (exact) mass is 282 g/mol. The average molecular weight is 283 g/mol. The minimum Gasteiger partial charge on any atom is -0.340 e. The Hall–Kier alpha value is -1.45. The van der Waals surface area contributed by atoms with Crippen LogP contribution in [0.2, 0.25) is 10.2 Å². The fourth-order valence-electron chi connectivity index (χ4n) is 1.60. The number of carbonyl (C=O) groups is 1. The Balaban J connectivity index is 2.24. The van der Waals surface area contributed by atoms with Crippen LogP contribution in [0.1, 0.15) is 21.6 Å². The van der Waals surface area contributed by atoms with E-state index in [4.69, 9.17) is 23.2 Å². The highest BCUT2D eigenvalue weighted by molar-refractivity contribution is 6.41.